The number of nitrogens with one attached hydrogen (secondary N) is 1. The Morgan fingerprint density at radius 2 is 1.70 bits per heavy atom. The van der Waals surface area contributed by atoms with Crippen LogP contribution in [0.1, 0.15) is 28.9 Å². The van der Waals surface area contributed by atoms with Gasteiger partial charge in [0.2, 0.25) is 0 Å². The van der Waals surface area contributed by atoms with Crippen molar-refractivity contribution < 1.29 is 9.72 Å². The zero-order valence-electron chi connectivity index (χ0n) is 19.9. The SMILES string of the molecule is O=C(NC(=S)N1CCN(c2ccc([N+](=O)[O-])c(N3CCCCC3)c2)CC1)c1sc2cc(Cl)ccc2c1Cl. The molecule has 2 saturated heterocycles. The number of hydrogen-bond acceptors (Lipinski definition) is 7. The van der Waals surface area contributed by atoms with E-state index in [0.717, 1.165) is 48.1 Å². The van der Waals surface area contributed by atoms with Crippen LogP contribution >= 0.6 is 46.8 Å². The van der Waals surface area contributed by atoms with E-state index in [1.54, 1.807) is 24.3 Å². The Kier molecular flexibility index (Phi) is 7.71. The van der Waals surface area contributed by atoms with Gasteiger partial charge in [0.05, 0.1) is 9.95 Å². The fourth-order valence-electron chi connectivity index (χ4n) is 4.84. The summed E-state index contributed by atoms with van der Waals surface area (Å²) < 4.78 is 0.842. The Balaban J connectivity index is 1.23. The van der Waals surface area contributed by atoms with Gasteiger partial charge in [-0.3, -0.25) is 20.2 Å². The van der Waals surface area contributed by atoms with Gasteiger partial charge in [-0.15, -0.1) is 11.3 Å². The molecule has 3 aromatic rings. The second-order valence-electron chi connectivity index (χ2n) is 9.10. The molecular formula is C25H25Cl2N5O3S2. The average molecular weight is 579 g/mol. The minimum atomic E-state index is -0.337. The van der Waals surface area contributed by atoms with Gasteiger partial charge in [-0.1, -0.05) is 29.3 Å². The van der Waals surface area contributed by atoms with E-state index in [1.807, 2.05) is 17.0 Å². The van der Waals surface area contributed by atoms with Crippen LogP contribution in [0.4, 0.5) is 17.1 Å². The number of hydrogen-bond donors (Lipinski definition) is 1. The van der Waals surface area contributed by atoms with Crippen LogP contribution in [0.25, 0.3) is 10.1 Å². The highest BCUT2D eigenvalue weighted by molar-refractivity contribution is 7.80. The van der Waals surface area contributed by atoms with Crippen LogP contribution in [0.15, 0.2) is 36.4 Å². The topological polar surface area (TPSA) is 82.0 Å². The smallest absolute Gasteiger partial charge is 0.292 e. The average Bonchev–Trinajstić information content (AvgIpc) is 3.24. The third-order valence-electron chi connectivity index (χ3n) is 6.80. The van der Waals surface area contributed by atoms with Gasteiger partial charge in [-0.25, -0.2) is 0 Å². The number of piperazine rings is 1. The first-order valence-corrected chi connectivity index (χ1v) is 14.1. The van der Waals surface area contributed by atoms with Crippen molar-refractivity contribution in [3.63, 3.8) is 0 Å². The number of amides is 1. The lowest BCUT2D eigenvalue weighted by Crippen LogP contribution is -2.52. The third kappa shape index (κ3) is 5.47. The molecule has 2 aliphatic heterocycles. The second kappa shape index (κ2) is 11.0. The quantitative estimate of drug-likeness (QED) is 0.233. The number of piperidine rings is 1. The maximum absolute atomic E-state index is 12.9. The minimum Gasteiger partial charge on any atom is -0.368 e. The van der Waals surface area contributed by atoms with E-state index in [-0.39, 0.29) is 16.5 Å². The number of benzene rings is 2. The van der Waals surface area contributed by atoms with Crippen molar-refractivity contribution >= 4 is 84.9 Å². The Hall–Kier alpha value is -2.66. The zero-order chi connectivity index (χ0) is 26.1. The molecule has 0 aliphatic carbocycles. The van der Waals surface area contributed by atoms with Crippen molar-refractivity contribution in [2.45, 2.75) is 19.3 Å². The highest BCUT2D eigenvalue weighted by atomic mass is 35.5. The minimum absolute atomic E-state index is 0.148. The van der Waals surface area contributed by atoms with Gasteiger partial charge in [-0.2, -0.15) is 0 Å². The third-order valence-corrected chi connectivity index (χ3v) is 9.05. The van der Waals surface area contributed by atoms with Gasteiger partial charge in [-0.05, 0) is 55.7 Å². The lowest BCUT2D eigenvalue weighted by atomic mass is 10.1. The summed E-state index contributed by atoms with van der Waals surface area (Å²) in [6, 6.07) is 10.7. The molecule has 1 aromatic heterocycles. The van der Waals surface area contributed by atoms with Crippen molar-refractivity contribution in [3.05, 3.63) is 61.4 Å². The van der Waals surface area contributed by atoms with E-state index in [0.29, 0.717) is 51.9 Å². The van der Waals surface area contributed by atoms with Crippen molar-refractivity contribution in [3.8, 4) is 0 Å². The summed E-state index contributed by atoms with van der Waals surface area (Å²) >= 11 is 19.3. The lowest BCUT2D eigenvalue weighted by Gasteiger charge is -2.37. The molecule has 12 heteroatoms. The number of halogens is 2. The molecule has 8 nitrogen and oxygen atoms in total. The molecule has 37 heavy (non-hydrogen) atoms. The monoisotopic (exact) mass is 577 g/mol. The molecule has 1 amide bonds. The number of carbonyl (C=O) groups is 1. The van der Waals surface area contributed by atoms with Crippen LogP contribution in [0.2, 0.25) is 10.0 Å². The summed E-state index contributed by atoms with van der Waals surface area (Å²) in [5.74, 6) is -0.337. The number of rotatable bonds is 4. The second-order valence-corrected chi connectivity index (χ2v) is 11.4. The molecule has 2 aliphatic rings. The normalized spacial score (nSPS) is 16.2. The maximum Gasteiger partial charge on any atom is 0.292 e. The number of carbonyl (C=O) groups excluding carboxylic acids is 1. The van der Waals surface area contributed by atoms with Crippen LogP contribution in [0, 0.1) is 10.1 Å². The predicted molar refractivity (Wildman–Crippen MR) is 155 cm³/mol. The molecule has 0 saturated carbocycles. The van der Waals surface area contributed by atoms with Gasteiger partial charge in [0.1, 0.15) is 10.6 Å². The molecule has 0 radical (unpaired) electrons. The molecule has 194 valence electrons. The number of thiocarbonyl (C=S) groups is 1. The summed E-state index contributed by atoms with van der Waals surface area (Å²) in [6.45, 7) is 4.26. The Bertz CT molecular complexity index is 1370. The van der Waals surface area contributed by atoms with Crippen LogP contribution in [-0.2, 0) is 0 Å². The fourth-order valence-corrected chi connectivity index (χ4v) is 6.80. The maximum atomic E-state index is 12.9. The number of thiophene rings is 1. The predicted octanol–water partition coefficient (Wildman–Crippen LogP) is 5.94. The molecule has 0 spiro atoms. The van der Waals surface area contributed by atoms with Gasteiger partial charge in [0.25, 0.3) is 11.6 Å². The van der Waals surface area contributed by atoms with E-state index in [9.17, 15) is 14.9 Å². The standard InChI is InChI=1S/C25H25Cl2N5O3S2/c26-16-4-6-18-21(14-16)37-23(22(18)27)24(33)28-25(36)31-12-10-29(11-13-31)17-5-7-19(32(34)35)20(15-17)30-8-2-1-3-9-30/h4-7,14-15H,1-3,8-13H2,(H,28,33,36). The first-order valence-electron chi connectivity index (χ1n) is 12.1. The molecule has 3 heterocycles. The summed E-state index contributed by atoms with van der Waals surface area (Å²) in [6.07, 6.45) is 3.25. The molecule has 2 fully saturated rings. The number of nitro benzene ring substituents is 1. The van der Waals surface area contributed by atoms with Crippen LogP contribution < -0.4 is 15.1 Å². The fraction of sp³-hybridized carbons (Fsp3) is 0.360. The first-order chi connectivity index (χ1) is 17.8. The van der Waals surface area contributed by atoms with E-state index in [2.05, 4.69) is 15.1 Å². The summed E-state index contributed by atoms with van der Waals surface area (Å²) in [5.41, 5.74) is 1.79. The van der Waals surface area contributed by atoms with Crippen LogP contribution in [-0.4, -0.2) is 60.1 Å². The summed E-state index contributed by atoms with van der Waals surface area (Å²) in [7, 11) is 0. The van der Waals surface area contributed by atoms with E-state index in [1.165, 1.54) is 11.3 Å². The van der Waals surface area contributed by atoms with Crippen molar-refractivity contribution in [1.29, 1.82) is 0 Å². The molecule has 0 bridgehead atoms. The van der Waals surface area contributed by atoms with E-state index >= 15 is 0 Å². The van der Waals surface area contributed by atoms with Gasteiger partial charge in [0, 0.05) is 66.1 Å². The van der Waals surface area contributed by atoms with Crippen LogP contribution in [0.3, 0.4) is 0 Å². The molecule has 0 unspecified atom stereocenters. The Labute approximate surface area is 233 Å². The highest BCUT2D eigenvalue weighted by Gasteiger charge is 2.26. The van der Waals surface area contributed by atoms with Crippen LogP contribution in [0.5, 0.6) is 0 Å². The lowest BCUT2D eigenvalue weighted by molar-refractivity contribution is -0.384. The number of fused-ring (bicyclic) bond motifs is 1. The van der Waals surface area contributed by atoms with E-state index < -0.39 is 0 Å². The number of nitrogens with zero attached hydrogens (tertiary/aromatic N) is 4. The molecule has 1 N–H and O–H groups in total. The van der Waals surface area contributed by atoms with Crippen molar-refractivity contribution in [2.24, 2.45) is 0 Å². The largest absolute Gasteiger partial charge is 0.368 e. The first kappa shape index (κ1) is 26.0. The van der Waals surface area contributed by atoms with Gasteiger partial charge < -0.3 is 14.7 Å². The summed E-state index contributed by atoms with van der Waals surface area (Å²) in [5, 5.41) is 16.6. The van der Waals surface area contributed by atoms with E-state index in [4.69, 9.17) is 35.4 Å². The molecular weight excluding hydrogens is 553 g/mol. The van der Waals surface area contributed by atoms with Crippen molar-refractivity contribution in [1.82, 2.24) is 10.2 Å². The molecule has 5 rings (SSSR count). The van der Waals surface area contributed by atoms with Crippen molar-refractivity contribution in [2.75, 3.05) is 49.1 Å². The summed E-state index contributed by atoms with van der Waals surface area (Å²) in [4.78, 5) is 31.0. The van der Waals surface area contributed by atoms with Gasteiger partial charge >= 0.3 is 0 Å². The molecule has 0 atom stereocenters. The van der Waals surface area contributed by atoms with Gasteiger partial charge in [0.15, 0.2) is 5.11 Å². The Morgan fingerprint density at radius 3 is 2.41 bits per heavy atom. The molecule has 2 aromatic carbocycles. The number of nitro groups is 1. The zero-order valence-corrected chi connectivity index (χ0v) is 23.1. The number of anilines is 2. The Morgan fingerprint density at radius 1 is 0.973 bits per heavy atom. The highest BCUT2D eigenvalue weighted by Crippen LogP contribution is 2.37.